The molecule has 0 radical (unpaired) electrons. The van der Waals surface area contributed by atoms with Gasteiger partial charge in [0, 0.05) is 23.7 Å². The Hall–Kier alpha value is -2.86. The summed E-state index contributed by atoms with van der Waals surface area (Å²) in [5, 5.41) is 9.74. The summed E-state index contributed by atoms with van der Waals surface area (Å²) in [7, 11) is 0. The highest BCUT2D eigenvalue weighted by molar-refractivity contribution is 7.99. The summed E-state index contributed by atoms with van der Waals surface area (Å²) in [6.07, 6.45) is 7.42. The molecule has 0 fully saturated rings. The van der Waals surface area contributed by atoms with E-state index in [4.69, 9.17) is 4.42 Å². The van der Waals surface area contributed by atoms with Crippen molar-refractivity contribution in [2.75, 3.05) is 5.75 Å². The second-order valence-electron chi connectivity index (χ2n) is 6.15. The van der Waals surface area contributed by atoms with Crippen LogP contribution in [0, 0.1) is 0 Å². The van der Waals surface area contributed by atoms with Crippen molar-refractivity contribution in [2.45, 2.75) is 24.5 Å². The molecule has 6 heteroatoms. The van der Waals surface area contributed by atoms with Crippen molar-refractivity contribution >= 4 is 11.8 Å². The molecule has 1 aromatic carbocycles. The average molecular weight is 376 g/mol. The molecule has 4 aromatic rings. The van der Waals surface area contributed by atoms with Crippen molar-refractivity contribution in [1.29, 1.82) is 0 Å². The molecule has 0 bridgehead atoms. The van der Waals surface area contributed by atoms with Crippen molar-refractivity contribution in [1.82, 2.24) is 19.7 Å². The van der Waals surface area contributed by atoms with Gasteiger partial charge in [-0.15, -0.1) is 10.2 Å². The van der Waals surface area contributed by atoms with E-state index in [1.54, 1.807) is 24.2 Å². The summed E-state index contributed by atoms with van der Waals surface area (Å²) >= 11 is 1.73. The van der Waals surface area contributed by atoms with Gasteiger partial charge in [-0.3, -0.25) is 9.55 Å². The molecule has 0 spiro atoms. The Morgan fingerprint density at radius 1 is 0.963 bits per heavy atom. The minimum absolute atomic E-state index is 0.602. The maximum atomic E-state index is 5.53. The van der Waals surface area contributed by atoms with Crippen LogP contribution in [0.2, 0.25) is 0 Å². The van der Waals surface area contributed by atoms with Crippen LogP contribution in [-0.4, -0.2) is 25.5 Å². The number of hydrogen-bond donors (Lipinski definition) is 0. The van der Waals surface area contributed by atoms with Gasteiger partial charge in [-0.1, -0.05) is 42.1 Å². The topological polar surface area (TPSA) is 56.7 Å². The summed E-state index contributed by atoms with van der Waals surface area (Å²) in [6, 6.07) is 18.3. The van der Waals surface area contributed by atoms with Crippen LogP contribution in [0.3, 0.4) is 0 Å². The van der Waals surface area contributed by atoms with E-state index in [2.05, 4.69) is 50.1 Å². The highest BCUT2D eigenvalue weighted by Crippen LogP contribution is 2.25. The Bertz CT molecular complexity index is 953. The Kier molecular flexibility index (Phi) is 5.64. The number of nitrogens with zero attached hydrogens (tertiary/aromatic N) is 4. The van der Waals surface area contributed by atoms with E-state index in [0.717, 1.165) is 40.9 Å². The molecule has 4 rings (SSSR count). The van der Waals surface area contributed by atoms with Crippen LogP contribution in [0.4, 0.5) is 0 Å². The first-order valence-electron chi connectivity index (χ1n) is 8.93. The molecule has 136 valence electrons. The van der Waals surface area contributed by atoms with E-state index in [0.29, 0.717) is 6.54 Å². The zero-order valence-corrected chi connectivity index (χ0v) is 15.7. The molecular formula is C21H20N4OS. The number of hydrogen-bond acceptors (Lipinski definition) is 5. The van der Waals surface area contributed by atoms with Crippen molar-refractivity contribution in [3.8, 4) is 11.4 Å². The van der Waals surface area contributed by atoms with Crippen molar-refractivity contribution < 1.29 is 4.42 Å². The Balaban J connectivity index is 1.48. The summed E-state index contributed by atoms with van der Waals surface area (Å²) < 4.78 is 7.64. The minimum atomic E-state index is 0.602. The predicted molar refractivity (Wildman–Crippen MR) is 107 cm³/mol. The van der Waals surface area contributed by atoms with Crippen molar-refractivity contribution in [3.05, 3.63) is 84.6 Å². The highest BCUT2D eigenvalue weighted by atomic mass is 32.2. The van der Waals surface area contributed by atoms with Crippen LogP contribution >= 0.6 is 11.8 Å². The maximum Gasteiger partial charge on any atom is 0.191 e. The minimum Gasteiger partial charge on any atom is -0.467 e. The first kappa shape index (κ1) is 17.5. The van der Waals surface area contributed by atoms with E-state index in [-0.39, 0.29) is 0 Å². The monoisotopic (exact) mass is 376 g/mol. The Morgan fingerprint density at radius 2 is 1.89 bits per heavy atom. The van der Waals surface area contributed by atoms with Crippen LogP contribution < -0.4 is 0 Å². The highest BCUT2D eigenvalue weighted by Gasteiger charge is 2.15. The number of benzene rings is 1. The van der Waals surface area contributed by atoms with Gasteiger partial charge in [0.05, 0.1) is 12.8 Å². The van der Waals surface area contributed by atoms with E-state index >= 15 is 0 Å². The lowest BCUT2D eigenvalue weighted by Crippen LogP contribution is -2.04. The fourth-order valence-corrected chi connectivity index (χ4v) is 3.77. The zero-order chi connectivity index (χ0) is 18.3. The van der Waals surface area contributed by atoms with Gasteiger partial charge in [-0.05, 0) is 42.7 Å². The lowest BCUT2D eigenvalue weighted by atomic mass is 10.1. The normalized spacial score (nSPS) is 11.0. The third-order valence-corrected chi connectivity index (χ3v) is 5.27. The molecule has 0 aliphatic heterocycles. The largest absolute Gasteiger partial charge is 0.467 e. The van der Waals surface area contributed by atoms with Gasteiger partial charge < -0.3 is 4.42 Å². The van der Waals surface area contributed by atoms with Gasteiger partial charge >= 0.3 is 0 Å². The smallest absolute Gasteiger partial charge is 0.191 e. The standard InChI is InChI=1S/C21H20N4OS/c1-2-7-17(8-3-1)9-6-14-27-21-24-23-20(18-10-4-12-22-15-18)25(21)16-19-11-5-13-26-19/h1-5,7-8,10-13,15H,6,9,14,16H2. The van der Waals surface area contributed by atoms with Crippen LogP contribution in [0.1, 0.15) is 17.7 Å². The maximum absolute atomic E-state index is 5.53. The molecule has 0 amide bonds. The fourth-order valence-electron chi connectivity index (χ4n) is 2.89. The van der Waals surface area contributed by atoms with Gasteiger partial charge in [0.15, 0.2) is 11.0 Å². The third kappa shape index (κ3) is 4.46. The van der Waals surface area contributed by atoms with Gasteiger partial charge in [-0.2, -0.15) is 0 Å². The third-order valence-electron chi connectivity index (χ3n) is 4.21. The van der Waals surface area contributed by atoms with Crippen LogP contribution in [0.15, 0.2) is 82.8 Å². The molecule has 0 atom stereocenters. The summed E-state index contributed by atoms with van der Waals surface area (Å²) in [4.78, 5) is 4.21. The van der Waals surface area contributed by atoms with Crippen molar-refractivity contribution in [2.24, 2.45) is 0 Å². The molecule has 0 saturated heterocycles. The Labute approximate surface area is 162 Å². The summed E-state index contributed by atoms with van der Waals surface area (Å²) in [5.41, 5.74) is 2.32. The van der Waals surface area contributed by atoms with Crippen LogP contribution in [0.25, 0.3) is 11.4 Å². The summed E-state index contributed by atoms with van der Waals surface area (Å²) in [5.74, 6) is 2.68. The van der Waals surface area contributed by atoms with Gasteiger partial charge in [0.1, 0.15) is 5.76 Å². The molecule has 0 saturated carbocycles. The zero-order valence-electron chi connectivity index (χ0n) is 14.9. The Morgan fingerprint density at radius 3 is 2.67 bits per heavy atom. The molecule has 5 nitrogen and oxygen atoms in total. The quantitative estimate of drug-likeness (QED) is 0.329. The number of rotatable bonds is 8. The second-order valence-corrected chi connectivity index (χ2v) is 7.21. The molecule has 3 aromatic heterocycles. The second kappa shape index (κ2) is 8.68. The fraction of sp³-hybridized carbons (Fsp3) is 0.190. The van der Waals surface area contributed by atoms with Crippen LogP contribution in [0.5, 0.6) is 0 Å². The van der Waals surface area contributed by atoms with E-state index in [9.17, 15) is 0 Å². The molecule has 0 N–H and O–H groups in total. The number of pyridine rings is 1. The van der Waals surface area contributed by atoms with E-state index in [1.165, 1.54) is 5.56 Å². The van der Waals surface area contributed by atoms with Crippen molar-refractivity contribution in [3.63, 3.8) is 0 Å². The number of furan rings is 1. The molecule has 27 heavy (non-hydrogen) atoms. The lowest BCUT2D eigenvalue weighted by molar-refractivity contribution is 0.485. The van der Waals surface area contributed by atoms with Gasteiger partial charge in [0.2, 0.25) is 0 Å². The molecular weight excluding hydrogens is 356 g/mol. The van der Waals surface area contributed by atoms with Gasteiger partial charge in [-0.25, -0.2) is 0 Å². The van der Waals surface area contributed by atoms with E-state index in [1.807, 2.05) is 30.5 Å². The first-order valence-corrected chi connectivity index (χ1v) is 9.91. The predicted octanol–water partition coefficient (Wildman–Crippen LogP) is 4.71. The lowest BCUT2D eigenvalue weighted by Gasteiger charge is -2.08. The average Bonchev–Trinajstić information content (AvgIpc) is 3.37. The number of thioether (sulfide) groups is 1. The number of aryl methyl sites for hydroxylation is 1. The van der Waals surface area contributed by atoms with Crippen LogP contribution in [-0.2, 0) is 13.0 Å². The summed E-state index contributed by atoms with van der Waals surface area (Å²) in [6.45, 7) is 0.602. The molecule has 0 aliphatic rings. The van der Waals surface area contributed by atoms with Gasteiger partial charge in [0.25, 0.3) is 0 Å². The SMILES string of the molecule is c1ccc(CCCSc2nnc(-c3cccnc3)n2Cc2ccco2)cc1. The molecule has 0 unspecified atom stereocenters. The first-order chi connectivity index (χ1) is 13.4. The van der Waals surface area contributed by atoms with E-state index < -0.39 is 0 Å². The molecule has 0 aliphatic carbocycles. The molecule has 3 heterocycles. The number of aromatic nitrogens is 4.